The Balaban J connectivity index is 0.00000242. The van der Waals surface area contributed by atoms with E-state index in [0.717, 1.165) is 26.1 Å². The summed E-state index contributed by atoms with van der Waals surface area (Å²) in [6.45, 7) is 12.7. The molecule has 1 aromatic rings. The molecule has 1 aromatic heterocycles. The van der Waals surface area contributed by atoms with Crippen molar-refractivity contribution in [2.45, 2.75) is 33.1 Å². The summed E-state index contributed by atoms with van der Waals surface area (Å²) in [4.78, 5) is 13.5. The number of anilines is 1. The number of halogens is 1. The quantitative estimate of drug-likeness (QED) is 0.679. The Hall–Kier alpha value is -0.170. The van der Waals surface area contributed by atoms with E-state index in [-0.39, 0.29) is 17.0 Å². The molecule has 0 saturated carbocycles. The van der Waals surface area contributed by atoms with Gasteiger partial charge in [-0.2, -0.15) is 0 Å². The summed E-state index contributed by atoms with van der Waals surface area (Å²) in [7, 11) is 2.21. The third-order valence-electron chi connectivity index (χ3n) is 4.07. The Morgan fingerprint density at radius 1 is 1.14 bits per heavy atom. The second kappa shape index (κ2) is 10.6. The monoisotopic (exact) mass is 390 g/mol. The van der Waals surface area contributed by atoms with Crippen LogP contribution in [0.4, 0.5) is 5.13 Å². The minimum Gasteiger partial charge on any atom is -0.346 e. The van der Waals surface area contributed by atoms with Crippen molar-refractivity contribution < 1.29 is 0 Å². The fraction of sp³-hybridized carbons (Fsp3) is 0.812. The third-order valence-corrected chi connectivity index (χ3v) is 5.19. The van der Waals surface area contributed by atoms with E-state index < -0.39 is 0 Å². The van der Waals surface area contributed by atoms with Gasteiger partial charge in [0, 0.05) is 43.8 Å². The van der Waals surface area contributed by atoms with Gasteiger partial charge < -0.3 is 9.80 Å². The maximum absolute atomic E-state index is 4.64. The fourth-order valence-corrected chi connectivity index (χ4v) is 3.78. The minimum absolute atomic E-state index is 0. The summed E-state index contributed by atoms with van der Waals surface area (Å²) in [5.41, 5.74) is 0. The molecule has 0 radical (unpaired) electrons. The summed E-state index contributed by atoms with van der Waals surface area (Å²) in [6.07, 6.45) is 5.70. The largest absolute Gasteiger partial charge is 0.346 e. The van der Waals surface area contributed by atoms with E-state index >= 15 is 0 Å². The number of rotatable bonds is 8. The molecule has 0 spiro atoms. The molecule has 0 bridgehead atoms. The number of hydrogen-bond acceptors (Lipinski definition) is 5. The molecule has 0 aliphatic carbocycles. The molecule has 6 heteroatoms. The van der Waals surface area contributed by atoms with Gasteiger partial charge in [-0.15, -0.1) is 28.3 Å². The first-order chi connectivity index (χ1) is 10.2. The van der Waals surface area contributed by atoms with E-state index in [2.05, 4.69) is 46.8 Å². The van der Waals surface area contributed by atoms with E-state index in [9.17, 15) is 0 Å². The Bertz CT molecular complexity index is 405. The van der Waals surface area contributed by atoms with Crippen LogP contribution in [0.2, 0.25) is 0 Å². The van der Waals surface area contributed by atoms with E-state index in [1.165, 1.54) is 49.0 Å². The highest BCUT2D eigenvalue weighted by molar-refractivity contribution is 8.93. The molecule has 0 unspecified atom stereocenters. The van der Waals surface area contributed by atoms with Gasteiger partial charge in [-0.1, -0.05) is 13.8 Å². The lowest BCUT2D eigenvalue weighted by atomic mass is 10.3. The van der Waals surface area contributed by atoms with Crippen LogP contribution in [0.25, 0.3) is 0 Å². The van der Waals surface area contributed by atoms with E-state index in [1.54, 1.807) is 0 Å². The SMILES string of the molecule is Br.CCCN(C)CCc1cnc(N2CCN(CCC)CC2)s1. The maximum atomic E-state index is 4.64. The number of nitrogens with zero attached hydrogens (tertiary/aromatic N) is 4. The van der Waals surface area contributed by atoms with Crippen LogP contribution < -0.4 is 4.90 Å². The lowest BCUT2D eigenvalue weighted by molar-refractivity contribution is 0.258. The number of likely N-dealkylation sites (N-methyl/N-ethyl adjacent to an activating group) is 1. The predicted octanol–water partition coefficient (Wildman–Crippen LogP) is 3.14. The Kier molecular flexibility index (Phi) is 9.55. The highest BCUT2D eigenvalue weighted by atomic mass is 79.9. The van der Waals surface area contributed by atoms with Gasteiger partial charge >= 0.3 is 0 Å². The summed E-state index contributed by atoms with van der Waals surface area (Å²) >= 11 is 1.88. The van der Waals surface area contributed by atoms with Gasteiger partial charge in [0.25, 0.3) is 0 Å². The van der Waals surface area contributed by atoms with Gasteiger partial charge in [-0.3, -0.25) is 4.90 Å². The van der Waals surface area contributed by atoms with Gasteiger partial charge in [0.15, 0.2) is 5.13 Å². The molecule has 0 aromatic carbocycles. The van der Waals surface area contributed by atoms with Crippen LogP contribution >= 0.6 is 28.3 Å². The molecule has 0 N–H and O–H groups in total. The molecule has 2 rings (SSSR count). The van der Waals surface area contributed by atoms with Crippen LogP contribution in [0.15, 0.2) is 6.20 Å². The minimum atomic E-state index is 0. The van der Waals surface area contributed by atoms with Crippen molar-refractivity contribution in [2.75, 3.05) is 57.8 Å². The standard InChI is InChI=1S/C16H30N4S.BrH/c1-4-7-18(3)9-6-15-14-17-16(21-15)20-12-10-19(8-5-2)11-13-20;/h14H,4-13H2,1-3H3;1H. The summed E-state index contributed by atoms with van der Waals surface area (Å²) in [5, 5.41) is 1.22. The fourth-order valence-electron chi connectivity index (χ4n) is 2.83. The zero-order chi connectivity index (χ0) is 15.1. The lowest BCUT2D eigenvalue weighted by Gasteiger charge is -2.34. The first-order valence-corrected chi connectivity index (χ1v) is 9.15. The van der Waals surface area contributed by atoms with Crippen molar-refractivity contribution >= 4 is 33.4 Å². The molecule has 4 nitrogen and oxygen atoms in total. The number of thiazole rings is 1. The van der Waals surface area contributed by atoms with Crippen molar-refractivity contribution in [2.24, 2.45) is 0 Å². The average Bonchev–Trinajstić information content (AvgIpc) is 2.95. The van der Waals surface area contributed by atoms with Crippen LogP contribution in [0.1, 0.15) is 31.6 Å². The first-order valence-electron chi connectivity index (χ1n) is 8.33. The van der Waals surface area contributed by atoms with Gasteiger partial charge in [0.05, 0.1) is 0 Å². The molecule has 1 aliphatic rings. The van der Waals surface area contributed by atoms with Gasteiger partial charge in [-0.05, 0) is 39.4 Å². The Morgan fingerprint density at radius 3 is 2.50 bits per heavy atom. The molecule has 2 heterocycles. The lowest BCUT2D eigenvalue weighted by Crippen LogP contribution is -2.46. The molecule has 22 heavy (non-hydrogen) atoms. The first kappa shape index (κ1) is 19.9. The van der Waals surface area contributed by atoms with Crippen LogP contribution in [0.3, 0.4) is 0 Å². The molecule has 1 saturated heterocycles. The van der Waals surface area contributed by atoms with Crippen molar-refractivity contribution in [3.05, 3.63) is 11.1 Å². The second-order valence-corrected chi connectivity index (χ2v) is 7.08. The number of aromatic nitrogens is 1. The molecule has 0 atom stereocenters. The zero-order valence-electron chi connectivity index (χ0n) is 14.3. The molecule has 1 aliphatic heterocycles. The normalized spacial score (nSPS) is 16.1. The summed E-state index contributed by atoms with van der Waals surface area (Å²) < 4.78 is 0. The van der Waals surface area contributed by atoms with Crippen LogP contribution in [0.5, 0.6) is 0 Å². The number of piperazine rings is 1. The topological polar surface area (TPSA) is 22.6 Å². The Morgan fingerprint density at radius 2 is 1.86 bits per heavy atom. The van der Waals surface area contributed by atoms with Crippen LogP contribution in [-0.2, 0) is 6.42 Å². The van der Waals surface area contributed by atoms with Crippen LogP contribution in [-0.4, -0.2) is 67.6 Å². The van der Waals surface area contributed by atoms with Crippen molar-refractivity contribution in [1.29, 1.82) is 0 Å². The van der Waals surface area contributed by atoms with Gasteiger partial charge in [-0.25, -0.2) is 4.98 Å². The molecule has 0 amide bonds. The predicted molar refractivity (Wildman–Crippen MR) is 103 cm³/mol. The molecule has 128 valence electrons. The van der Waals surface area contributed by atoms with Crippen molar-refractivity contribution in [1.82, 2.24) is 14.8 Å². The van der Waals surface area contributed by atoms with E-state index in [1.807, 2.05) is 11.3 Å². The zero-order valence-corrected chi connectivity index (χ0v) is 16.8. The highest BCUT2D eigenvalue weighted by Crippen LogP contribution is 2.24. The molecular weight excluding hydrogens is 360 g/mol. The summed E-state index contributed by atoms with van der Waals surface area (Å²) in [6, 6.07) is 0. The maximum Gasteiger partial charge on any atom is 0.185 e. The summed E-state index contributed by atoms with van der Waals surface area (Å²) in [5.74, 6) is 0. The molecular formula is C16H31BrN4S. The average molecular weight is 391 g/mol. The van der Waals surface area contributed by atoms with Crippen molar-refractivity contribution in [3.63, 3.8) is 0 Å². The van der Waals surface area contributed by atoms with E-state index in [4.69, 9.17) is 0 Å². The van der Waals surface area contributed by atoms with Gasteiger partial charge in [0.1, 0.15) is 0 Å². The number of hydrogen-bond donors (Lipinski definition) is 0. The van der Waals surface area contributed by atoms with Gasteiger partial charge in [0.2, 0.25) is 0 Å². The van der Waals surface area contributed by atoms with Crippen molar-refractivity contribution in [3.8, 4) is 0 Å². The third kappa shape index (κ3) is 6.14. The second-order valence-electron chi connectivity index (χ2n) is 5.99. The highest BCUT2D eigenvalue weighted by Gasteiger charge is 2.18. The van der Waals surface area contributed by atoms with Crippen LogP contribution in [0, 0.1) is 0 Å². The smallest absolute Gasteiger partial charge is 0.185 e. The Labute approximate surface area is 150 Å². The van der Waals surface area contributed by atoms with E-state index in [0.29, 0.717) is 0 Å². The molecule has 1 fully saturated rings.